The van der Waals surface area contributed by atoms with E-state index in [0.29, 0.717) is 12.4 Å². The van der Waals surface area contributed by atoms with E-state index in [0.717, 1.165) is 43.7 Å². The lowest BCUT2D eigenvalue weighted by molar-refractivity contribution is -0.120. The van der Waals surface area contributed by atoms with Gasteiger partial charge in [-0.05, 0) is 43.0 Å². The molecule has 0 unspecified atom stereocenters. The molecule has 1 heterocycles. The summed E-state index contributed by atoms with van der Waals surface area (Å²) in [4.78, 5) is 14.4. The number of benzene rings is 2. The summed E-state index contributed by atoms with van der Waals surface area (Å²) in [5, 5.41) is 0. The van der Waals surface area contributed by atoms with Crippen molar-refractivity contribution in [1.29, 1.82) is 0 Å². The maximum Gasteiger partial charge on any atom is 0.264 e. The number of rotatable bonds is 7. The Morgan fingerprint density at radius 1 is 1.08 bits per heavy atom. The van der Waals surface area contributed by atoms with Crippen LogP contribution in [0, 0.1) is 0 Å². The third kappa shape index (κ3) is 4.53. The third-order valence-corrected chi connectivity index (χ3v) is 4.35. The average Bonchev–Trinajstić information content (AvgIpc) is 2.66. The van der Waals surface area contributed by atoms with Crippen LogP contribution in [0.4, 0.5) is 5.69 Å². The molecule has 0 bridgehead atoms. The topological polar surface area (TPSA) is 38.8 Å². The van der Waals surface area contributed by atoms with Gasteiger partial charge in [-0.1, -0.05) is 37.6 Å². The first-order valence-corrected chi connectivity index (χ1v) is 9.02. The molecule has 2 aromatic carbocycles. The molecule has 0 atom stereocenters. The Labute approximate surface area is 149 Å². The fourth-order valence-corrected chi connectivity index (χ4v) is 3.00. The minimum absolute atomic E-state index is 0.00976. The summed E-state index contributed by atoms with van der Waals surface area (Å²) >= 11 is 0. The van der Waals surface area contributed by atoms with Crippen molar-refractivity contribution in [3.8, 4) is 11.5 Å². The van der Waals surface area contributed by atoms with Crippen molar-refractivity contribution in [2.24, 2.45) is 0 Å². The molecule has 25 heavy (non-hydrogen) atoms. The van der Waals surface area contributed by atoms with Gasteiger partial charge in [0.05, 0.1) is 6.61 Å². The van der Waals surface area contributed by atoms with Gasteiger partial charge in [-0.3, -0.25) is 4.79 Å². The molecule has 3 rings (SSSR count). The molecule has 0 saturated carbocycles. The Morgan fingerprint density at radius 3 is 2.72 bits per heavy atom. The number of ether oxygens (including phenoxy) is 2. The number of para-hydroxylation sites is 1. The predicted molar refractivity (Wildman–Crippen MR) is 99.5 cm³/mol. The van der Waals surface area contributed by atoms with Gasteiger partial charge in [-0.15, -0.1) is 0 Å². The zero-order valence-corrected chi connectivity index (χ0v) is 14.7. The highest BCUT2D eigenvalue weighted by Gasteiger charge is 2.22. The SMILES string of the molecule is CCCCOc1cccc(OCC(=O)N2CCCc3ccccc32)c1. The summed E-state index contributed by atoms with van der Waals surface area (Å²) < 4.78 is 11.4. The van der Waals surface area contributed by atoms with Gasteiger partial charge in [-0.25, -0.2) is 0 Å². The highest BCUT2D eigenvalue weighted by atomic mass is 16.5. The smallest absolute Gasteiger partial charge is 0.264 e. The van der Waals surface area contributed by atoms with E-state index in [-0.39, 0.29) is 12.5 Å². The zero-order valence-electron chi connectivity index (χ0n) is 14.7. The largest absolute Gasteiger partial charge is 0.493 e. The van der Waals surface area contributed by atoms with Gasteiger partial charge in [0.25, 0.3) is 5.91 Å². The second kappa shape index (κ2) is 8.56. The number of nitrogens with zero attached hydrogens (tertiary/aromatic N) is 1. The van der Waals surface area contributed by atoms with E-state index in [2.05, 4.69) is 13.0 Å². The molecule has 1 amide bonds. The van der Waals surface area contributed by atoms with E-state index in [1.165, 1.54) is 5.56 Å². The number of aryl methyl sites for hydroxylation is 1. The molecule has 132 valence electrons. The fraction of sp³-hybridized carbons (Fsp3) is 0.381. The van der Waals surface area contributed by atoms with Gasteiger partial charge in [-0.2, -0.15) is 0 Å². The maximum absolute atomic E-state index is 12.6. The molecule has 0 aromatic heterocycles. The van der Waals surface area contributed by atoms with Gasteiger partial charge < -0.3 is 14.4 Å². The van der Waals surface area contributed by atoms with Gasteiger partial charge in [0, 0.05) is 18.3 Å². The van der Waals surface area contributed by atoms with Crippen LogP contribution in [-0.4, -0.2) is 25.7 Å². The van der Waals surface area contributed by atoms with Gasteiger partial charge in [0.2, 0.25) is 0 Å². The molecule has 2 aromatic rings. The van der Waals surface area contributed by atoms with E-state index in [1.54, 1.807) is 0 Å². The molecule has 0 fully saturated rings. The second-order valence-electron chi connectivity index (χ2n) is 6.24. The second-order valence-corrected chi connectivity index (χ2v) is 6.24. The third-order valence-electron chi connectivity index (χ3n) is 4.35. The van der Waals surface area contributed by atoms with Crippen molar-refractivity contribution in [2.75, 3.05) is 24.7 Å². The quantitative estimate of drug-likeness (QED) is 0.709. The summed E-state index contributed by atoms with van der Waals surface area (Å²) in [7, 11) is 0. The molecule has 1 aliphatic rings. The van der Waals surface area contributed by atoms with Crippen LogP contribution < -0.4 is 14.4 Å². The van der Waals surface area contributed by atoms with Crippen molar-refractivity contribution in [3.63, 3.8) is 0 Å². The van der Waals surface area contributed by atoms with Crippen LogP contribution in [0.5, 0.6) is 11.5 Å². The van der Waals surface area contributed by atoms with E-state index < -0.39 is 0 Å². The molecule has 0 N–H and O–H groups in total. The van der Waals surface area contributed by atoms with Crippen LogP contribution in [0.15, 0.2) is 48.5 Å². The standard InChI is InChI=1S/C21H25NO3/c1-2-3-14-24-18-10-6-11-19(15-18)25-16-21(23)22-13-7-9-17-8-4-5-12-20(17)22/h4-6,8,10-12,15H,2-3,7,9,13-14,16H2,1H3. The molecule has 1 aliphatic heterocycles. The molecule has 4 nitrogen and oxygen atoms in total. The average molecular weight is 339 g/mol. The lowest BCUT2D eigenvalue weighted by Crippen LogP contribution is -2.38. The number of hydrogen-bond donors (Lipinski definition) is 0. The number of amides is 1. The minimum Gasteiger partial charge on any atom is -0.493 e. The highest BCUT2D eigenvalue weighted by molar-refractivity contribution is 5.95. The van der Waals surface area contributed by atoms with Gasteiger partial charge in [0.15, 0.2) is 6.61 Å². The number of carbonyl (C=O) groups is 1. The normalized spacial score (nSPS) is 13.2. The molecule has 0 aliphatic carbocycles. The summed E-state index contributed by atoms with van der Waals surface area (Å²) in [6.07, 6.45) is 4.14. The summed E-state index contributed by atoms with van der Waals surface area (Å²) in [6, 6.07) is 15.6. The van der Waals surface area contributed by atoms with Crippen molar-refractivity contribution < 1.29 is 14.3 Å². The van der Waals surface area contributed by atoms with E-state index >= 15 is 0 Å². The Hall–Kier alpha value is -2.49. The van der Waals surface area contributed by atoms with Crippen LogP contribution in [0.2, 0.25) is 0 Å². The number of carbonyl (C=O) groups excluding carboxylic acids is 1. The number of anilines is 1. The zero-order chi connectivity index (χ0) is 17.5. The maximum atomic E-state index is 12.6. The first kappa shape index (κ1) is 17.3. The molecule has 4 heteroatoms. The Balaban J connectivity index is 1.59. The molecule has 0 saturated heterocycles. The molecule has 0 radical (unpaired) electrons. The van der Waals surface area contributed by atoms with Crippen molar-refractivity contribution >= 4 is 11.6 Å². The highest BCUT2D eigenvalue weighted by Crippen LogP contribution is 2.27. The number of unbranched alkanes of at least 4 members (excludes halogenated alkanes) is 1. The van der Waals surface area contributed by atoms with Crippen LogP contribution >= 0.6 is 0 Å². The van der Waals surface area contributed by atoms with Crippen LogP contribution in [-0.2, 0) is 11.2 Å². The molecular formula is C21H25NO3. The minimum atomic E-state index is -0.00976. The lowest BCUT2D eigenvalue weighted by Gasteiger charge is -2.29. The van der Waals surface area contributed by atoms with Crippen molar-refractivity contribution in [2.45, 2.75) is 32.6 Å². The summed E-state index contributed by atoms with van der Waals surface area (Å²) in [5.74, 6) is 1.43. The number of hydrogen-bond acceptors (Lipinski definition) is 3. The summed E-state index contributed by atoms with van der Waals surface area (Å²) in [6.45, 7) is 3.61. The van der Waals surface area contributed by atoms with Crippen LogP contribution in [0.25, 0.3) is 0 Å². The van der Waals surface area contributed by atoms with E-state index in [1.807, 2.05) is 47.4 Å². The van der Waals surface area contributed by atoms with Crippen LogP contribution in [0.3, 0.4) is 0 Å². The first-order valence-electron chi connectivity index (χ1n) is 9.02. The van der Waals surface area contributed by atoms with Crippen molar-refractivity contribution in [1.82, 2.24) is 0 Å². The Kier molecular flexibility index (Phi) is 5.94. The van der Waals surface area contributed by atoms with E-state index in [4.69, 9.17) is 9.47 Å². The Morgan fingerprint density at radius 2 is 1.88 bits per heavy atom. The van der Waals surface area contributed by atoms with Gasteiger partial charge >= 0.3 is 0 Å². The van der Waals surface area contributed by atoms with Crippen molar-refractivity contribution in [3.05, 3.63) is 54.1 Å². The number of fused-ring (bicyclic) bond motifs is 1. The van der Waals surface area contributed by atoms with Crippen LogP contribution in [0.1, 0.15) is 31.7 Å². The molecular weight excluding hydrogens is 314 g/mol. The van der Waals surface area contributed by atoms with E-state index in [9.17, 15) is 4.79 Å². The van der Waals surface area contributed by atoms with Gasteiger partial charge in [0.1, 0.15) is 11.5 Å². The predicted octanol–water partition coefficient (Wildman–Crippen LogP) is 4.22. The fourth-order valence-electron chi connectivity index (χ4n) is 3.00. The molecule has 0 spiro atoms. The lowest BCUT2D eigenvalue weighted by atomic mass is 10.0. The Bertz CT molecular complexity index is 714. The first-order chi connectivity index (χ1) is 12.3. The summed E-state index contributed by atoms with van der Waals surface area (Å²) in [5.41, 5.74) is 2.24. The monoisotopic (exact) mass is 339 g/mol.